The zero-order valence-corrected chi connectivity index (χ0v) is 12.3. The summed E-state index contributed by atoms with van der Waals surface area (Å²) in [6, 6.07) is 9.58. The number of hydrogen-bond donors (Lipinski definition) is 1. The van der Waals surface area contributed by atoms with Crippen LogP contribution in [0.2, 0.25) is 0 Å². The molecule has 2 rings (SSSR count). The molecule has 1 atom stereocenters. The van der Waals surface area contributed by atoms with Crippen LogP contribution in [-0.4, -0.2) is 22.2 Å². The number of methoxy groups -OCH3 is 1. The highest BCUT2D eigenvalue weighted by Crippen LogP contribution is 2.26. The molecule has 0 fully saturated rings. The van der Waals surface area contributed by atoms with Crippen LogP contribution in [0, 0.1) is 0 Å². The van der Waals surface area contributed by atoms with E-state index in [9.17, 15) is 5.11 Å². The third-order valence-corrected chi connectivity index (χ3v) is 3.24. The molecule has 20 heavy (non-hydrogen) atoms. The molecule has 0 saturated heterocycles. The number of aliphatic hydroxyl groups excluding tert-OH is 1. The minimum atomic E-state index is -0.777. The lowest BCUT2D eigenvalue weighted by molar-refractivity contribution is 0.214. The van der Waals surface area contributed by atoms with Gasteiger partial charge in [0.25, 0.3) is 0 Å². The summed E-state index contributed by atoms with van der Waals surface area (Å²) < 4.78 is 5.04. The molecule has 1 heterocycles. The standard InChI is InChI=1S/C16H20N2O2/c1-16(2,3)12-7-5-11(6-8-12)15(19)13-9-14(20-4)18-10-17-13/h5-10,15,19H,1-4H3. The molecule has 1 unspecified atom stereocenters. The predicted molar refractivity (Wildman–Crippen MR) is 77.8 cm³/mol. The summed E-state index contributed by atoms with van der Waals surface area (Å²) in [5, 5.41) is 10.4. The van der Waals surface area contributed by atoms with Crippen molar-refractivity contribution in [2.24, 2.45) is 0 Å². The molecule has 2 aromatic rings. The van der Waals surface area contributed by atoms with Crippen molar-refractivity contribution in [3.63, 3.8) is 0 Å². The van der Waals surface area contributed by atoms with Gasteiger partial charge in [-0.1, -0.05) is 45.0 Å². The highest BCUT2D eigenvalue weighted by atomic mass is 16.5. The largest absolute Gasteiger partial charge is 0.481 e. The van der Waals surface area contributed by atoms with Crippen LogP contribution in [-0.2, 0) is 5.41 Å². The fraction of sp³-hybridized carbons (Fsp3) is 0.375. The van der Waals surface area contributed by atoms with Crippen molar-refractivity contribution in [3.05, 3.63) is 53.5 Å². The van der Waals surface area contributed by atoms with Crippen LogP contribution in [0.3, 0.4) is 0 Å². The van der Waals surface area contributed by atoms with E-state index in [4.69, 9.17) is 4.74 Å². The predicted octanol–water partition coefficient (Wildman–Crippen LogP) is 2.86. The molecule has 106 valence electrons. The molecule has 0 amide bonds. The summed E-state index contributed by atoms with van der Waals surface area (Å²) >= 11 is 0. The van der Waals surface area contributed by atoms with E-state index in [2.05, 4.69) is 30.7 Å². The van der Waals surface area contributed by atoms with Crippen molar-refractivity contribution in [2.75, 3.05) is 7.11 Å². The smallest absolute Gasteiger partial charge is 0.216 e. The van der Waals surface area contributed by atoms with Gasteiger partial charge in [-0.05, 0) is 16.5 Å². The Morgan fingerprint density at radius 2 is 1.75 bits per heavy atom. The highest BCUT2D eigenvalue weighted by Gasteiger charge is 2.16. The summed E-state index contributed by atoms with van der Waals surface area (Å²) in [4.78, 5) is 8.03. The Kier molecular flexibility index (Phi) is 4.04. The minimum absolute atomic E-state index is 0.0988. The van der Waals surface area contributed by atoms with Gasteiger partial charge in [-0.2, -0.15) is 0 Å². The molecule has 1 aromatic heterocycles. The lowest BCUT2D eigenvalue weighted by atomic mass is 9.86. The summed E-state index contributed by atoms with van der Waals surface area (Å²) in [7, 11) is 1.54. The first-order valence-electron chi connectivity index (χ1n) is 6.56. The van der Waals surface area contributed by atoms with Crippen molar-refractivity contribution < 1.29 is 9.84 Å². The fourth-order valence-corrected chi connectivity index (χ4v) is 1.95. The number of nitrogens with zero attached hydrogens (tertiary/aromatic N) is 2. The Morgan fingerprint density at radius 1 is 1.10 bits per heavy atom. The monoisotopic (exact) mass is 272 g/mol. The Balaban J connectivity index is 2.26. The molecular formula is C16H20N2O2. The van der Waals surface area contributed by atoms with Gasteiger partial charge in [0.2, 0.25) is 5.88 Å². The number of hydrogen-bond acceptors (Lipinski definition) is 4. The summed E-state index contributed by atoms with van der Waals surface area (Å²) in [6.45, 7) is 6.48. The van der Waals surface area contributed by atoms with Crippen molar-refractivity contribution in [2.45, 2.75) is 32.3 Å². The second-order valence-electron chi connectivity index (χ2n) is 5.76. The quantitative estimate of drug-likeness (QED) is 0.933. The first kappa shape index (κ1) is 14.5. The first-order valence-corrected chi connectivity index (χ1v) is 6.56. The van der Waals surface area contributed by atoms with Gasteiger partial charge >= 0.3 is 0 Å². The van der Waals surface area contributed by atoms with E-state index in [-0.39, 0.29) is 5.41 Å². The number of aromatic nitrogens is 2. The molecule has 0 spiro atoms. The fourth-order valence-electron chi connectivity index (χ4n) is 1.95. The molecular weight excluding hydrogens is 252 g/mol. The van der Waals surface area contributed by atoms with Gasteiger partial charge in [-0.3, -0.25) is 0 Å². The zero-order chi connectivity index (χ0) is 14.8. The van der Waals surface area contributed by atoms with Crippen LogP contribution in [0.4, 0.5) is 0 Å². The second-order valence-corrected chi connectivity index (χ2v) is 5.76. The number of ether oxygens (including phenoxy) is 1. The SMILES string of the molecule is COc1cc(C(O)c2ccc(C(C)(C)C)cc2)ncn1. The van der Waals surface area contributed by atoms with E-state index in [1.54, 1.807) is 6.07 Å². The van der Waals surface area contributed by atoms with Gasteiger partial charge in [0.1, 0.15) is 12.4 Å². The molecule has 0 saturated carbocycles. The van der Waals surface area contributed by atoms with Crippen LogP contribution in [0.1, 0.15) is 43.7 Å². The lowest BCUT2D eigenvalue weighted by Crippen LogP contribution is -2.11. The van der Waals surface area contributed by atoms with E-state index in [1.807, 2.05) is 24.3 Å². The molecule has 0 aliphatic heterocycles. The van der Waals surface area contributed by atoms with E-state index in [0.717, 1.165) is 5.56 Å². The maximum atomic E-state index is 10.4. The minimum Gasteiger partial charge on any atom is -0.481 e. The Hall–Kier alpha value is -1.94. The third kappa shape index (κ3) is 3.14. The Bertz CT molecular complexity index is 574. The van der Waals surface area contributed by atoms with Crippen LogP contribution in [0.25, 0.3) is 0 Å². The van der Waals surface area contributed by atoms with Crippen LogP contribution < -0.4 is 4.74 Å². The Labute approximate surface area is 119 Å². The third-order valence-electron chi connectivity index (χ3n) is 3.24. The number of rotatable bonds is 3. The van der Waals surface area contributed by atoms with Crippen LogP contribution in [0.5, 0.6) is 5.88 Å². The Morgan fingerprint density at radius 3 is 2.30 bits per heavy atom. The van der Waals surface area contributed by atoms with Crippen LogP contribution in [0.15, 0.2) is 36.7 Å². The molecule has 1 N–H and O–H groups in total. The molecule has 4 heteroatoms. The normalized spacial score (nSPS) is 13.1. The van der Waals surface area contributed by atoms with Gasteiger partial charge in [-0.15, -0.1) is 0 Å². The van der Waals surface area contributed by atoms with Crippen molar-refractivity contribution >= 4 is 0 Å². The first-order chi connectivity index (χ1) is 9.41. The topological polar surface area (TPSA) is 55.2 Å². The summed E-state index contributed by atoms with van der Waals surface area (Å²) in [6.07, 6.45) is 0.613. The number of aliphatic hydroxyl groups is 1. The average molecular weight is 272 g/mol. The van der Waals surface area contributed by atoms with E-state index in [0.29, 0.717) is 11.6 Å². The van der Waals surface area contributed by atoms with Gasteiger partial charge in [0.05, 0.1) is 12.8 Å². The second kappa shape index (κ2) is 5.59. The van der Waals surface area contributed by atoms with Gasteiger partial charge in [-0.25, -0.2) is 9.97 Å². The molecule has 0 aliphatic carbocycles. The van der Waals surface area contributed by atoms with Gasteiger partial charge < -0.3 is 9.84 Å². The van der Waals surface area contributed by atoms with Crippen molar-refractivity contribution in [3.8, 4) is 5.88 Å². The average Bonchev–Trinajstić information content (AvgIpc) is 2.46. The molecule has 1 aromatic carbocycles. The number of benzene rings is 1. The van der Waals surface area contributed by atoms with Crippen molar-refractivity contribution in [1.29, 1.82) is 0 Å². The lowest BCUT2D eigenvalue weighted by Gasteiger charge is -2.20. The van der Waals surface area contributed by atoms with Crippen LogP contribution >= 0.6 is 0 Å². The van der Waals surface area contributed by atoms with E-state index >= 15 is 0 Å². The summed E-state index contributed by atoms with van der Waals surface area (Å²) in [5.74, 6) is 0.445. The zero-order valence-electron chi connectivity index (χ0n) is 12.3. The molecule has 0 aliphatic rings. The molecule has 4 nitrogen and oxygen atoms in total. The van der Waals surface area contributed by atoms with Crippen molar-refractivity contribution in [1.82, 2.24) is 9.97 Å². The highest BCUT2D eigenvalue weighted by molar-refractivity contribution is 5.32. The van der Waals surface area contributed by atoms with E-state index < -0.39 is 6.10 Å². The molecule has 0 bridgehead atoms. The van der Waals surface area contributed by atoms with Gasteiger partial charge in [0.15, 0.2) is 0 Å². The molecule has 0 radical (unpaired) electrons. The summed E-state index contributed by atoms with van der Waals surface area (Å²) in [5.41, 5.74) is 2.66. The maximum absolute atomic E-state index is 10.4. The van der Waals surface area contributed by atoms with Gasteiger partial charge in [0, 0.05) is 6.07 Å². The maximum Gasteiger partial charge on any atom is 0.216 e. The van der Waals surface area contributed by atoms with E-state index in [1.165, 1.54) is 19.0 Å².